The normalized spacial score (nSPS) is 12.2. The monoisotopic (exact) mass is 355 g/mol. The minimum Gasteiger partial charge on any atom is -0.354 e. The van der Waals surface area contributed by atoms with E-state index in [1.54, 1.807) is 0 Å². The molecule has 5 heteroatoms. The number of carbonyl (C=O) groups excluding carboxylic acids is 2. The highest BCUT2D eigenvalue weighted by Crippen LogP contribution is 2.21. The van der Waals surface area contributed by atoms with Gasteiger partial charge >= 0.3 is 0 Å². The molecule has 5 nitrogen and oxygen atoms in total. The largest absolute Gasteiger partial charge is 0.354 e. The number of likely N-dealkylation sites (N-methyl/N-ethyl adjacent to an activating group) is 1. The van der Waals surface area contributed by atoms with Crippen LogP contribution in [0.3, 0.4) is 0 Å². The van der Waals surface area contributed by atoms with E-state index < -0.39 is 0 Å². The van der Waals surface area contributed by atoms with Crippen molar-refractivity contribution in [2.24, 2.45) is 0 Å². The van der Waals surface area contributed by atoms with Crippen molar-refractivity contribution < 1.29 is 9.59 Å². The second kappa shape index (κ2) is 8.81. The molecular formula is C21H29N3O2. The van der Waals surface area contributed by atoms with Crippen LogP contribution >= 0.6 is 0 Å². The highest BCUT2D eigenvalue weighted by molar-refractivity contribution is 6.02. The molecule has 1 aromatic carbocycles. The van der Waals surface area contributed by atoms with Gasteiger partial charge in [-0.2, -0.15) is 0 Å². The number of aromatic nitrogens is 1. The quantitative estimate of drug-likeness (QED) is 0.711. The van der Waals surface area contributed by atoms with Gasteiger partial charge in [-0.25, -0.2) is 0 Å². The SMILES string of the molecule is CCN(CC)[C@@H](CNC(=O)c1[nH]c(C)c(C(C)=O)c1C)c1ccccc1. The van der Waals surface area contributed by atoms with Crippen LogP contribution in [0.25, 0.3) is 0 Å². The molecule has 140 valence electrons. The molecule has 0 saturated heterocycles. The molecule has 1 atom stereocenters. The van der Waals surface area contributed by atoms with Crippen LogP contribution in [0.5, 0.6) is 0 Å². The second-order valence-corrected chi connectivity index (χ2v) is 6.54. The Morgan fingerprint density at radius 2 is 1.73 bits per heavy atom. The molecule has 1 aromatic heterocycles. The number of benzene rings is 1. The molecule has 2 rings (SSSR count). The van der Waals surface area contributed by atoms with Crippen molar-refractivity contribution in [3.8, 4) is 0 Å². The zero-order valence-corrected chi connectivity index (χ0v) is 16.3. The van der Waals surface area contributed by atoms with Crippen LogP contribution < -0.4 is 5.32 Å². The lowest BCUT2D eigenvalue weighted by Crippen LogP contribution is -2.38. The lowest BCUT2D eigenvalue weighted by atomic mass is 10.0. The summed E-state index contributed by atoms with van der Waals surface area (Å²) in [7, 11) is 0. The molecular weight excluding hydrogens is 326 g/mol. The number of rotatable bonds is 8. The van der Waals surface area contributed by atoms with Gasteiger partial charge in [-0.1, -0.05) is 44.2 Å². The van der Waals surface area contributed by atoms with Crippen LogP contribution in [0, 0.1) is 13.8 Å². The Balaban J connectivity index is 2.20. The van der Waals surface area contributed by atoms with Crippen molar-refractivity contribution >= 4 is 11.7 Å². The maximum Gasteiger partial charge on any atom is 0.268 e. The standard InChI is InChI=1S/C21H29N3O2/c1-6-24(7-2)18(17-11-9-8-10-12-17)13-22-21(26)20-14(3)19(16(5)25)15(4)23-20/h8-12,18,23H,6-7,13H2,1-5H3,(H,22,26)/t18-/m0/s1. The summed E-state index contributed by atoms with van der Waals surface area (Å²) in [5, 5.41) is 3.04. The predicted molar refractivity (Wildman–Crippen MR) is 105 cm³/mol. The number of hydrogen-bond acceptors (Lipinski definition) is 3. The fraction of sp³-hybridized carbons (Fsp3) is 0.429. The van der Waals surface area contributed by atoms with Crippen LogP contribution in [-0.4, -0.2) is 41.2 Å². The fourth-order valence-electron chi connectivity index (χ4n) is 3.58. The molecule has 2 aromatic rings. The smallest absolute Gasteiger partial charge is 0.268 e. The van der Waals surface area contributed by atoms with E-state index in [0.717, 1.165) is 18.8 Å². The van der Waals surface area contributed by atoms with Gasteiger partial charge in [-0.05, 0) is 45.0 Å². The zero-order valence-electron chi connectivity index (χ0n) is 16.3. The van der Waals surface area contributed by atoms with Gasteiger partial charge in [0.15, 0.2) is 5.78 Å². The summed E-state index contributed by atoms with van der Waals surface area (Å²) in [6.45, 7) is 11.7. The third kappa shape index (κ3) is 4.22. The number of Topliss-reactive ketones (excluding diaryl/α,β-unsaturated/α-hetero) is 1. The Bertz CT molecular complexity index is 761. The lowest BCUT2D eigenvalue weighted by molar-refractivity contribution is 0.0929. The minimum absolute atomic E-state index is 0.0272. The molecule has 1 heterocycles. The van der Waals surface area contributed by atoms with Gasteiger partial charge in [0.25, 0.3) is 5.91 Å². The van der Waals surface area contributed by atoms with Crippen molar-refractivity contribution in [1.82, 2.24) is 15.2 Å². The summed E-state index contributed by atoms with van der Waals surface area (Å²) in [5.74, 6) is -0.202. The summed E-state index contributed by atoms with van der Waals surface area (Å²) >= 11 is 0. The molecule has 26 heavy (non-hydrogen) atoms. The van der Waals surface area contributed by atoms with Gasteiger partial charge in [-0.15, -0.1) is 0 Å². The van der Waals surface area contributed by atoms with Crippen molar-refractivity contribution in [1.29, 1.82) is 0 Å². The first-order valence-corrected chi connectivity index (χ1v) is 9.17. The van der Waals surface area contributed by atoms with Crippen molar-refractivity contribution in [3.05, 3.63) is 58.4 Å². The van der Waals surface area contributed by atoms with E-state index >= 15 is 0 Å². The van der Waals surface area contributed by atoms with Crippen molar-refractivity contribution in [2.45, 2.75) is 40.7 Å². The van der Waals surface area contributed by atoms with Crippen LogP contribution in [-0.2, 0) is 0 Å². The van der Waals surface area contributed by atoms with Gasteiger partial charge < -0.3 is 10.3 Å². The Morgan fingerprint density at radius 1 is 1.12 bits per heavy atom. The molecule has 0 saturated carbocycles. The van der Waals surface area contributed by atoms with E-state index in [4.69, 9.17) is 0 Å². The first-order chi connectivity index (χ1) is 12.4. The first kappa shape index (κ1) is 19.9. The van der Waals surface area contributed by atoms with Gasteiger partial charge in [0.05, 0.1) is 6.04 Å². The van der Waals surface area contributed by atoms with Crippen LogP contribution in [0.2, 0.25) is 0 Å². The molecule has 0 fully saturated rings. The number of hydrogen-bond donors (Lipinski definition) is 2. The summed E-state index contributed by atoms with van der Waals surface area (Å²) in [6, 6.07) is 10.3. The zero-order chi connectivity index (χ0) is 19.3. The average molecular weight is 355 g/mol. The van der Waals surface area contributed by atoms with E-state index in [2.05, 4.69) is 41.2 Å². The topological polar surface area (TPSA) is 65.2 Å². The van der Waals surface area contributed by atoms with Crippen LogP contribution in [0.15, 0.2) is 30.3 Å². The maximum absolute atomic E-state index is 12.7. The molecule has 0 unspecified atom stereocenters. The minimum atomic E-state index is -0.175. The average Bonchev–Trinajstić information content (AvgIpc) is 2.93. The molecule has 0 aliphatic rings. The molecule has 1 amide bonds. The van der Waals surface area contributed by atoms with E-state index in [1.165, 1.54) is 12.5 Å². The third-order valence-electron chi connectivity index (χ3n) is 4.91. The van der Waals surface area contributed by atoms with E-state index in [9.17, 15) is 9.59 Å². The molecule has 0 radical (unpaired) electrons. The number of ketones is 1. The number of carbonyl (C=O) groups is 2. The number of aryl methyl sites for hydroxylation is 1. The summed E-state index contributed by atoms with van der Waals surface area (Å²) in [4.78, 5) is 29.9. The molecule has 0 spiro atoms. The number of amides is 1. The van der Waals surface area contributed by atoms with Gasteiger partial charge in [-0.3, -0.25) is 14.5 Å². The summed E-state index contributed by atoms with van der Waals surface area (Å²) < 4.78 is 0. The number of nitrogens with zero attached hydrogens (tertiary/aromatic N) is 1. The first-order valence-electron chi connectivity index (χ1n) is 9.17. The van der Waals surface area contributed by atoms with Crippen molar-refractivity contribution in [2.75, 3.05) is 19.6 Å². The lowest BCUT2D eigenvalue weighted by Gasteiger charge is -2.30. The molecule has 2 N–H and O–H groups in total. The summed E-state index contributed by atoms with van der Waals surface area (Å²) in [6.07, 6.45) is 0. The Kier molecular flexibility index (Phi) is 6.75. The number of H-pyrrole nitrogens is 1. The summed E-state index contributed by atoms with van der Waals surface area (Å²) in [5.41, 5.74) is 3.72. The van der Waals surface area contributed by atoms with E-state index in [1.807, 2.05) is 32.0 Å². The maximum atomic E-state index is 12.7. The Labute approximate surface area is 155 Å². The van der Waals surface area contributed by atoms with Gasteiger partial charge in [0.2, 0.25) is 0 Å². The van der Waals surface area contributed by atoms with Crippen molar-refractivity contribution in [3.63, 3.8) is 0 Å². The highest BCUT2D eigenvalue weighted by atomic mass is 16.2. The Morgan fingerprint density at radius 3 is 2.23 bits per heavy atom. The highest BCUT2D eigenvalue weighted by Gasteiger charge is 2.22. The van der Waals surface area contributed by atoms with E-state index in [0.29, 0.717) is 23.4 Å². The van der Waals surface area contributed by atoms with Gasteiger partial charge in [0.1, 0.15) is 5.69 Å². The Hall–Kier alpha value is -2.40. The van der Waals surface area contributed by atoms with Crippen LogP contribution in [0.1, 0.15) is 64.5 Å². The molecule has 0 aliphatic heterocycles. The molecule has 0 aliphatic carbocycles. The fourth-order valence-corrected chi connectivity index (χ4v) is 3.58. The van der Waals surface area contributed by atoms with Crippen LogP contribution in [0.4, 0.5) is 0 Å². The predicted octanol–water partition coefficient (Wildman–Crippen LogP) is 3.65. The number of aromatic amines is 1. The number of nitrogens with one attached hydrogen (secondary N) is 2. The second-order valence-electron chi connectivity index (χ2n) is 6.54. The third-order valence-corrected chi connectivity index (χ3v) is 4.91. The van der Waals surface area contributed by atoms with E-state index in [-0.39, 0.29) is 17.7 Å². The molecule has 0 bridgehead atoms. The van der Waals surface area contributed by atoms with Gasteiger partial charge in [0, 0.05) is 17.8 Å².